The molecule has 0 radical (unpaired) electrons. The Labute approximate surface area is 161 Å². The van der Waals surface area contributed by atoms with Crippen LogP contribution in [0.3, 0.4) is 0 Å². The first-order chi connectivity index (χ1) is 13.5. The number of rotatable bonds is 6. The van der Waals surface area contributed by atoms with Crippen molar-refractivity contribution in [1.29, 1.82) is 0 Å². The summed E-state index contributed by atoms with van der Waals surface area (Å²) in [6.07, 6.45) is -0.882. The maximum absolute atomic E-state index is 12.9. The minimum absolute atomic E-state index is 0.258. The van der Waals surface area contributed by atoms with Gasteiger partial charge in [0.25, 0.3) is 11.8 Å². The molecule has 0 saturated carbocycles. The zero-order valence-corrected chi connectivity index (χ0v) is 15.1. The van der Waals surface area contributed by atoms with Gasteiger partial charge in [0.05, 0.1) is 0 Å². The van der Waals surface area contributed by atoms with Crippen LogP contribution in [0.1, 0.15) is 6.92 Å². The van der Waals surface area contributed by atoms with Gasteiger partial charge in [0, 0.05) is 0 Å². The van der Waals surface area contributed by atoms with E-state index in [9.17, 15) is 14.0 Å². The summed E-state index contributed by atoms with van der Waals surface area (Å²) in [4.78, 5) is 23.8. The predicted molar refractivity (Wildman–Crippen MR) is 102 cm³/mol. The van der Waals surface area contributed by atoms with Gasteiger partial charge in [0.1, 0.15) is 17.3 Å². The van der Waals surface area contributed by atoms with Crippen molar-refractivity contribution in [3.05, 3.63) is 72.5 Å². The predicted octanol–water partition coefficient (Wildman–Crippen LogP) is 2.97. The van der Waals surface area contributed by atoms with Crippen LogP contribution in [0.5, 0.6) is 11.5 Å². The lowest BCUT2D eigenvalue weighted by Crippen LogP contribution is -2.48. The molecule has 0 aliphatic rings. The van der Waals surface area contributed by atoms with Crippen LogP contribution in [-0.2, 0) is 9.59 Å². The summed E-state index contributed by atoms with van der Waals surface area (Å²) in [5.74, 6) is -0.579. The third-order valence-electron chi connectivity index (χ3n) is 3.91. The molecule has 0 aliphatic carbocycles. The highest BCUT2D eigenvalue weighted by molar-refractivity contribution is 5.86. The Hall–Kier alpha value is -3.61. The molecule has 7 heteroatoms. The van der Waals surface area contributed by atoms with Crippen LogP contribution in [0.25, 0.3) is 10.8 Å². The summed E-state index contributed by atoms with van der Waals surface area (Å²) in [6.45, 7) is 1.25. The van der Waals surface area contributed by atoms with Crippen LogP contribution >= 0.6 is 0 Å². The van der Waals surface area contributed by atoms with E-state index >= 15 is 0 Å². The molecule has 144 valence electrons. The second-order valence-corrected chi connectivity index (χ2v) is 6.05. The monoisotopic (exact) mass is 382 g/mol. The maximum Gasteiger partial charge on any atom is 0.279 e. The Morgan fingerprint density at radius 1 is 0.929 bits per heavy atom. The van der Waals surface area contributed by atoms with E-state index in [1.165, 1.54) is 31.2 Å². The molecule has 0 heterocycles. The topological polar surface area (TPSA) is 76.7 Å². The van der Waals surface area contributed by atoms with Gasteiger partial charge < -0.3 is 9.47 Å². The highest BCUT2D eigenvalue weighted by Crippen LogP contribution is 2.20. The van der Waals surface area contributed by atoms with Crippen molar-refractivity contribution >= 4 is 22.6 Å². The number of nitrogens with one attached hydrogen (secondary N) is 2. The van der Waals surface area contributed by atoms with Crippen LogP contribution < -0.4 is 20.3 Å². The van der Waals surface area contributed by atoms with Gasteiger partial charge >= 0.3 is 0 Å². The second kappa shape index (κ2) is 8.85. The van der Waals surface area contributed by atoms with Crippen molar-refractivity contribution in [3.63, 3.8) is 0 Å². The quantitative estimate of drug-likeness (QED) is 0.643. The second-order valence-electron chi connectivity index (χ2n) is 6.05. The van der Waals surface area contributed by atoms with Gasteiger partial charge in [-0.3, -0.25) is 20.4 Å². The van der Waals surface area contributed by atoms with E-state index in [1.54, 1.807) is 6.07 Å². The van der Waals surface area contributed by atoms with Crippen molar-refractivity contribution < 1.29 is 23.5 Å². The molecule has 3 aromatic carbocycles. The lowest BCUT2D eigenvalue weighted by Gasteiger charge is -2.15. The summed E-state index contributed by atoms with van der Waals surface area (Å²) in [7, 11) is 0. The lowest BCUT2D eigenvalue weighted by molar-refractivity contribution is -0.133. The van der Waals surface area contributed by atoms with Gasteiger partial charge in [-0.1, -0.05) is 30.3 Å². The van der Waals surface area contributed by atoms with E-state index in [1.807, 2.05) is 36.4 Å². The number of amides is 2. The molecule has 0 saturated heterocycles. The molecule has 3 aromatic rings. The first kappa shape index (κ1) is 19.2. The number of hydrazine groups is 1. The summed E-state index contributed by atoms with van der Waals surface area (Å²) in [5, 5.41) is 2.07. The van der Waals surface area contributed by atoms with Gasteiger partial charge in [-0.05, 0) is 54.1 Å². The standard InChI is InChI=1S/C21H19FN2O4/c1-14(28-18-10-7-17(22)8-11-18)21(26)24-23-20(25)13-27-19-9-6-15-4-2-3-5-16(15)12-19/h2-12,14H,13H2,1H3,(H,23,25)(H,24,26)/t14-/m1/s1. The molecule has 2 N–H and O–H groups in total. The van der Waals surface area contributed by atoms with E-state index in [4.69, 9.17) is 9.47 Å². The SMILES string of the molecule is C[C@@H](Oc1ccc(F)cc1)C(=O)NNC(=O)COc1ccc2ccccc2c1. The molecule has 3 rings (SSSR count). The molecule has 0 aliphatic heterocycles. The molecular weight excluding hydrogens is 363 g/mol. The van der Waals surface area contributed by atoms with E-state index in [2.05, 4.69) is 10.9 Å². The molecule has 0 fully saturated rings. The Kier molecular flexibility index (Phi) is 6.06. The number of halogens is 1. The number of hydrogen-bond donors (Lipinski definition) is 2. The van der Waals surface area contributed by atoms with E-state index in [0.717, 1.165) is 10.8 Å². The maximum atomic E-state index is 12.9. The average molecular weight is 382 g/mol. The first-order valence-corrected chi connectivity index (χ1v) is 8.64. The molecule has 28 heavy (non-hydrogen) atoms. The van der Waals surface area contributed by atoms with Crippen molar-refractivity contribution in [3.8, 4) is 11.5 Å². The highest BCUT2D eigenvalue weighted by Gasteiger charge is 2.15. The Bertz CT molecular complexity index is 976. The van der Waals surface area contributed by atoms with Gasteiger partial charge in [-0.2, -0.15) is 0 Å². The smallest absolute Gasteiger partial charge is 0.279 e. The van der Waals surface area contributed by atoms with Crippen LogP contribution in [-0.4, -0.2) is 24.5 Å². The van der Waals surface area contributed by atoms with Crippen molar-refractivity contribution in [1.82, 2.24) is 10.9 Å². The van der Waals surface area contributed by atoms with E-state index < -0.39 is 23.7 Å². The number of fused-ring (bicyclic) bond motifs is 1. The average Bonchev–Trinajstić information content (AvgIpc) is 2.71. The summed E-state index contributed by atoms with van der Waals surface area (Å²) in [5.41, 5.74) is 4.52. The van der Waals surface area contributed by atoms with Crippen LogP contribution in [0.2, 0.25) is 0 Å². The third-order valence-corrected chi connectivity index (χ3v) is 3.91. The van der Waals surface area contributed by atoms with E-state index in [-0.39, 0.29) is 6.61 Å². The van der Waals surface area contributed by atoms with Crippen molar-refractivity contribution in [2.24, 2.45) is 0 Å². The molecule has 0 spiro atoms. The van der Waals surface area contributed by atoms with Gasteiger partial charge in [0.2, 0.25) is 0 Å². The lowest BCUT2D eigenvalue weighted by atomic mass is 10.1. The fraction of sp³-hybridized carbons (Fsp3) is 0.143. The molecule has 1 atom stereocenters. The first-order valence-electron chi connectivity index (χ1n) is 8.64. The van der Waals surface area contributed by atoms with Crippen LogP contribution in [0, 0.1) is 5.82 Å². The Morgan fingerprint density at radius 2 is 1.61 bits per heavy atom. The van der Waals surface area contributed by atoms with Crippen LogP contribution in [0.4, 0.5) is 4.39 Å². The molecule has 6 nitrogen and oxygen atoms in total. The number of benzene rings is 3. The summed E-state index contributed by atoms with van der Waals surface area (Å²) in [6, 6.07) is 18.6. The zero-order valence-electron chi connectivity index (χ0n) is 15.1. The number of hydrogen-bond acceptors (Lipinski definition) is 4. The Balaban J connectivity index is 1.43. The normalized spacial score (nSPS) is 11.5. The van der Waals surface area contributed by atoms with Crippen molar-refractivity contribution in [2.75, 3.05) is 6.61 Å². The van der Waals surface area contributed by atoms with Gasteiger partial charge in [0.15, 0.2) is 12.7 Å². The summed E-state index contributed by atoms with van der Waals surface area (Å²) < 4.78 is 23.7. The van der Waals surface area contributed by atoms with Gasteiger partial charge in [-0.25, -0.2) is 4.39 Å². The number of carbonyl (C=O) groups excluding carboxylic acids is 2. The molecule has 0 bridgehead atoms. The van der Waals surface area contributed by atoms with Crippen LogP contribution in [0.15, 0.2) is 66.7 Å². The minimum Gasteiger partial charge on any atom is -0.484 e. The highest BCUT2D eigenvalue weighted by atomic mass is 19.1. The molecule has 2 amide bonds. The molecule has 0 aromatic heterocycles. The molecule has 0 unspecified atom stereocenters. The Morgan fingerprint density at radius 3 is 2.36 bits per heavy atom. The van der Waals surface area contributed by atoms with E-state index in [0.29, 0.717) is 11.5 Å². The van der Waals surface area contributed by atoms with Crippen molar-refractivity contribution in [2.45, 2.75) is 13.0 Å². The fourth-order valence-corrected chi connectivity index (χ4v) is 2.45. The largest absolute Gasteiger partial charge is 0.484 e. The minimum atomic E-state index is -0.882. The summed E-state index contributed by atoms with van der Waals surface area (Å²) >= 11 is 0. The third kappa shape index (κ3) is 5.20. The van der Waals surface area contributed by atoms with Gasteiger partial charge in [-0.15, -0.1) is 0 Å². The molecular formula is C21H19FN2O4. The number of ether oxygens (including phenoxy) is 2. The fourth-order valence-electron chi connectivity index (χ4n) is 2.45. The zero-order chi connectivity index (χ0) is 19.9. The number of carbonyl (C=O) groups is 2.